The van der Waals surface area contributed by atoms with E-state index in [0.29, 0.717) is 18.0 Å². The van der Waals surface area contributed by atoms with Crippen molar-refractivity contribution in [3.8, 4) is 5.88 Å². The number of hydrogen-bond acceptors (Lipinski definition) is 7. The summed E-state index contributed by atoms with van der Waals surface area (Å²) in [6.07, 6.45) is 7.65. The predicted molar refractivity (Wildman–Crippen MR) is 136 cm³/mol. The first-order chi connectivity index (χ1) is 17.1. The van der Waals surface area contributed by atoms with Crippen molar-refractivity contribution < 1.29 is 14.3 Å². The van der Waals surface area contributed by atoms with Gasteiger partial charge in [0.05, 0.1) is 42.9 Å². The Morgan fingerprint density at radius 2 is 1.97 bits per heavy atom. The van der Waals surface area contributed by atoms with Crippen LogP contribution in [0, 0.1) is 5.92 Å². The van der Waals surface area contributed by atoms with Crippen LogP contribution in [0.1, 0.15) is 40.9 Å². The van der Waals surface area contributed by atoms with Crippen molar-refractivity contribution in [2.75, 3.05) is 38.8 Å². The van der Waals surface area contributed by atoms with Crippen molar-refractivity contribution in [3.05, 3.63) is 59.5 Å². The van der Waals surface area contributed by atoms with Gasteiger partial charge in [0.25, 0.3) is 5.91 Å². The fourth-order valence-electron chi connectivity index (χ4n) is 4.60. The van der Waals surface area contributed by atoms with E-state index in [0.717, 1.165) is 54.3 Å². The minimum Gasteiger partial charge on any atom is -0.481 e. The van der Waals surface area contributed by atoms with E-state index in [1.54, 1.807) is 26.6 Å². The van der Waals surface area contributed by atoms with Gasteiger partial charge in [-0.15, -0.1) is 0 Å². The van der Waals surface area contributed by atoms with Gasteiger partial charge in [0.2, 0.25) is 5.88 Å². The van der Waals surface area contributed by atoms with E-state index in [2.05, 4.69) is 43.7 Å². The van der Waals surface area contributed by atoms with Crippen LogP contribution in [0.3, 0.4) is 0 Å². The largest absolute Gasteiger partial charge is 0.481 e. The molecular formula is C27H33N5O3. The smallest absolute Gasteiger partial charge is 0.253 e. The highest BCUT2D eigenvalue weighted by atomic mass is 16.5. The fraction of sp³-hybridized carbons (Fsp3) is 0.444. The van der Waals surface area contributed by atoms with Crippen LogP contribution in [-0.4, -0.2) is 55.8 Å². The molecule has 0 bridgehead atoms. The average molecular weight is 476 g/mol. The number of carbonyl (C=O) groups is 1. The highest BCUT2D eigenvalue weighted by Crippen LogP contribution is 2.27. The van der Waals surface area contributed by atoms with Crippen LogP contribution in [0.4, 0.5) is 5.69 Å². The molecular weight excluding hydrogens is 442 g/mol. The lowest BCUT2D eigenvalue weighted by molar-refractivity contribution is 0.0787. The minimum atomic E-state index is -0.182. The third kappa shape index (κ3) is 5.39. The van der Waals surface area contributed by atoms with Crippen molar-refractivity contribution in [2.24, 2.45) is 5.92 Å². The summed E-state index contributed by atoms with van der Waals surface area (Å²) in [6.45, 7) is 3.84. The SMILES string of the molecule is COc1nc(CNC(=O)c2cncc(N3CC(OC)C3)c2)cc2cc(CNCC3CCC3)ccc12. The van der Waals surface area contributed by atoms with Gasteiger partial charge in [0.1, 0.15) is 0 Å². The maximum absolute atomic E-state index is 12.8. The van der Waals surface area contributed by atoms with E-state index in [4.69, 9.17) is 9.47 Å². The number of rotatable bonds is 10. The van der Waals surface area contributed by atoms with Crippen LogP contribution in [0.25, 0.3) is 10.8 Å². The molecule has 2 aliphatic rings. The molecule has 3 heterocycles. The predicted octanol–water partition coefficient (Wildman–Crippen LogP) is 3.29. The number of aromatic nitrogens is 2. The number of nitrogens with zero attached hydrogens (tertiary/aromatic N) is 3. The zero-order valence-corrected chi connectivity index (χ0v) is 20.4. The lowest BCUT2D eigenvalue weighted by Crippen LogP contribution is -2.52. The highest BCUT2D eigenvalue weighted by Gasteiger charge is 2.27. The maximum Gasteiger partial charge on any atom is 0.253 e. The molecule has 0 unspecified atom stereocenters. The van der Waals surface area contributed by atoms with Crippen molar-refractivity contribution in [2.45, 2.75) is 38.5 Å². The standard InChI is InChI=1S/C27H33N5O3/c1-34-24-16-32(17-24)23-10-21(13-29-15-23)26(33)30-14-22-9-20-8-19(12-28-11-18-4-3-5-18)6-7-25(20)27(31-22)35-2/h6-10,13,15,18,24,28H,3-5,11-12,14,16-17H2,1-2H3,(H,30,33). The Bertz CT molecular complexity index is 1190. The molecule has 2 N–H and O–H groups in total. The molecule has 1 aliphatic carbocycles. The van der Waals surface area contributed by atoms with Gasteiger partial charge in [0, 0.05) is 38.3 Å². The molecule has 1 saturated heterocycles. The normalized spacial score (nSPS) is 16.1. The topological polar surface area (TPSA) is 88.6 Å². The first-order valence-electron chi connectivity index (χ1n) is 12.3. The van der Waals surface area contributed by atoms with Crippen LogP contribution in [0.15, 0.2) is 42.7 Å². The number of nitrogens with one attached hydrogen (secondary N) is 2. The number of amides is 1. The first kappa shape index (κ1) is 23.5. The van der Waals surface area contributed by atoms with Crippen molar-refractivity contribution >= 4 is 22.4 Å². The van der Waals surface area contributed by atoms with Gasteiger partial charge in [-0.2, -0.15) is 0 Å². The summed E-state index contributed by atoms with van der Waals surface area (Å²) in [7, 11) is 3.34. The molecule has 2 aromatic heterocycles. The van der Waals surface area contributed by atoms with Gasteiger partial charge in [-0.05, 0) is 60.5 Å². The zero-order chi connectivity index (χ0) is 24.2. The van der Waals surface area contributed by atoms with Gasteiger partial charge in [-0.3, -0.25) is 9.78 Å². The Balaban J connectivity index is 1.24. The molecule has 0 spiro atoms. The molecule has 1 amide bonds. The number of hydrogen-bond donors (Lipinski definition) is 2. The Kier molecular flexibility index (Phi) is 7.11. The second-order valence-electron chi connectivity index (χ2n) is 9.48. The van der Waals surface area contributed by atoms with Gasteiger partial charge in [-0.1, -0.05) is 12.5 Å². The van der Waals surface area contributed by atoms with Crippen LogP contribution in [0.2, 0.25) is 0 Å². The molecule has 3 aromatic rings. The molecule has 0 atom stereocenters. The summed E-state index contributed by atoms with van der Waals surface area (Å²) >= 11 is 0. The number of anilines is 1. The van der Waals surface area contributed by atoms with Gasteiger partial charge in [0.15, 0.2) is 0 Å². The molecule has 2 fully saturated rings. The number of ether oxygens (including phenoxy) is 2. The first-order valence-corrected chi connectivity index (χ1v) is 12.3. The maximum atomic E-state index is 12.8. The third-order valence-corrected chi connectivity index (χ3v) is 7.06. The van der Waals surface area contributed by atoms with Crippen molar-refractivity contribution in [1.29, 1.82) is 0 Å². The Labute approximate surface area is 206 Å². The third-order valence-electron chi connectivity index (χ3n) is 7.06. The van der Waals surface area contributed by atoms with E-state index in [-0.39, 0.29) is 12.0 Å². The van der Waals surface area contributed by atoms with E-state index in [1.807, 2.05) is 12.1 Å². The molecule has 1 saturated carbocycles. The summed E-state index contributed by atoms with van der Waals surface area (Å²) in [5.74, 6) is 1.21. The summed E-state index contributed by atoms with van der Waals surface area (Å²) in [5, 5.41) is 8.57. The van der Waals surface area contributed by atoms with Crippen LogP contribution in [-0.2, 0) is 17.8 Å². The van der Waals surface area contributed by atoms with Crippen molar-refractivity contribution in [3.63, 3.8) is 0 Å². The van der Waals surface area contributed by atoms with Crippen LogP contribution in [0.5, 0.6) is 5.88 Å². The van der Waals surface area contributed by atoms with Gasteiger partial charge < -0.3 is 25.0 Å². The van der Waals surface area contributed by atoms with Gasteiger partial charge >= 0.3 is 0 Å². The Hall–Kier alpha value is -3.23. The fourth-order valence-corrected chi connectivity index (χ4v) is 4.60. The number of carbonyl (C=O) groups excluding carboxylic acids is 1. The number of fused-ring (bicyclic) bond motifs is 1. The molecule has 0 radical (unpaired) electrons. The number of pyridine rings is 2. The summed E-state index contributed by atoms with van der Waals surface area (Å²) in [4.78, 5) is 23.8. The van der Waals surface area contributed by atoms with Crippen LogP contribution < -0.4 is 20.3 Å². The molecule has 35 heavy (non-hydrogen) atoms. The minimum absolute atomic E-state index is 0.182. The second kappa shape index (κ2) is 10.6. The summed E-state index contributed by atoms with van der Waals surface area (Å²) in [6, 6.07) is 10.2. The lowest BCUT2D eigenvalue weighted by Gasteiger charge is -2.39. The molecule has 8 heteroatoms. The van der Waals surface area contributed by atoms with E-state index in [9.17, 15) is 4.79 Å². The second-order valence-corrected chi connectivity index (χ2v) is 9.48. The molecule has 1 aliphatic heterocycles. The summed E-state index contributed by atoms with van der Waals surface area (Å²) < 4.78 is 10.9. The molecule has 8 nitrogen and oxygen atoms in total. The quantitative estimate of drug-likeness (QED) is 0.465. The molecule has 1 aromatic carbocycles. The number of methoxy groups -OCH3 is 2. The summed E-state index contributed by atoms with van der Waals surface area (Å²) in [5.41, 5.74) is 3.42. The molecule has 5 rings (SSSR count). The van der Waals surface area contributed by atoms with E-state index < -0.39 is 0 Å². The Morgan fingerprint density at radius 3 is 2.71 bits per heavy atom. The average Bonchev–Trinajstić information content (AvgIpc) is 2.83. The lowest BCUT2D eigenvalue weighted by atomic mass is 9.85. The number of benzene rings is 1. The molecule has 184 valence electrons. The monoisotopic (exact) mass is 475 g/mol. The van der Waals surface area contributed by atoms with E-state index >= 15 is 0 Å². The van der Waals surface area contributed by atoms with Crippen LogP contribution >= 0.6 is 0 Å². The zero-order valence-electron chi connectivity index (χ0n) is 20.4. The van der Waals surface area contributed by atoms with E-state index in [1.165, 1.54) is 24.8 Å². The Morgan fingerprint density at radius 1 is 1.11 bits per heavy atom. The highest BCUT2D eigenvalue weighted by molar-refractivity contribution is 5.95. The van der Waals surface area contributed by atoms with Crippen molar-refractivity contribution in [1.82, 2.24) is 20.6 Å². The van der Waals surface area contributed by atoms with Gasteiger partial charge in [-0.25, -0.2) is 4.98 Å².